The molecule has 150 valence electrons. The van der Waals surface area contributed by atoms with Gasteiger partial charge in [-0.2, -0.15) is 0 Å². The molecule has 0 aromatic rings. The molecule has 2 amide bonds. The van der Waals surface area contributed by atoms with Crippen molar-refractivity contribution in [3.05, 3.63) is 21.8 Å². The number of amides is 2. The summed E-state index contributed by atoms with van der Waals surface area (Å²) in [6.45, 7) is 4.91. The number of halogens is 1. The molecule has 0 spiro atoms. The highest BCUT2D eigenvalue weighted by Gasteiger charge is 2.65. The zero-order valence-corrected chi connectivity index (χ0v) is 17.4. The van der Waals surface area contributed by atoms with Gasteiger partial charge in [-0.1, -0.05) is 34.7 Å². The molecule has 4 aliphatic heterocycles. The Bertz CT molecular complexity index is 724. The van der Waals surface area contributed by atoms with E-state index in [1.165, 1.54) is 0 Å². The van der Waals surface area contributed by atoms with E-state index in [4.69, 9.17) is 14.2 Å². The van der Waals surface area contributed by atoms with Crippen LogP contribution in [0.25, 0.3) is 0 Å². The van der Waals surface area contributed by atoms with Crippen molar-refractivity contribution in [3.63, 3.8) is 0 Å². The standard InChI is InChI=1S/C17H23IN2O7/c1-14(2)26-9-15(3,27-14)11(21)17-13(23)19-16(24,12(22)20-17)10(5-4-7-18)6-8-25-17/h4-5,7,11,21,24H,6,8-9H2,1-3H3,(H,19,23)(H,20,22)/b7-4+,10-5+/t11-,15+,16-,17+/m1/s1. The van der Waals surface area contributed by atoms with Gasteiger partial charge >= 0.3 is 0 Å². The van der Waals surface area contributed by atoms with Gasteiger partial charge in [0.05, 0.1) is 13.2 Å². The number of hydrogen-bond donors (Lipinski definition) is 4. The van der Waals surface area contributed by atoms with Crippen LogP contribution in [0.5, 0.6) is 0 Å². The molecule has 0 unspecified atom stereocenters. The van der Waals surface area contributed by atoms with Crippen LogP contribution >= 0.6 is 22.6 Å². The average Bonchev–Trinajstić information content (AvgIpc) is 2.87. The normalized spacial score (nSPS) is 41.3. The van der Waals surface area contributed by atoms with Crippen molar-refractivity contribution in [1.29, 1.82) is 0 Å². The number of ether oxygens (including phenoxy) is 3. The summed E-state index contributed by atoms with van der Waals surface area (Å²) < 4.78 is 18.7. The van der Waals surface area contributed by atoms with Crippen molar-refractivity contribution in [2.75, 3.05) is 13.2 Å². The SMILES string of the molecule is CC1(C)OC[C@@](C)([C@@H](O)[C@@]23NC(=O)[C@@](O)(NC2=O)/C(=C/C=C/I)CCO3)O1. The Hall–Kier alpha value is -1.05. The molecule has 4 saturated heterocycles. The van der Waals surface area contributed by atoms with Crippen LogP contribution in [0.1, 0.15) is 27.2 Å². The fraction of sp³-hybridized carbons (Fsp3) is 0.647. The quantitative estimate of drug-likeness (QED) is 0.401. The van der Waals surface area contributed by atoms with Crippen molar-refractivity contribution in [2.45, 2.75) is 56.1 Å². The zero-order chi connectivity index (χ0) is 20.1. The Morgan fingerprint density at radius 3 is 2.48 bits per heavy atom. The summed E-state index contributed by atoms with van der Waals surface area (Å²) >= 11 is 2.00. The van der Waals surface area contributed by atoms with E-state index in [1.54, 1.807) is 37.0 Å². The number of carbonyl (C=O) groups excluding carboxylic acids is 2. The summed E-state index contributed by atoms with van der Waals surface area (Å²) in [6.07, 6.45) is 1.78. The first-order chi connectivity index (χ1) is 12.5. The molecular weight excluding hydrogens is 471 g/mol. The number of allylic oxidation sites excluding steroid dienone is 2. The number of carbonyl (C=O) groups is 2. The third-order valence-corrected chi connectivity index (χ3v) is 5.36. The highest BCUT2D eigenvalue weighted by atomic mass is 127. The largest absolute Gasteiger partial charge is 0.384 e. The van der Waals surface area contributed by atoms with Gasteiger partial charge in [-0.05, 0) is 36.8 Å². The van der Waals surface area contributed by atoms with E-state index >= 15 is 0 Å². The molecule has 4 heterocycles. The van der Waals surface area contributed by atoms with E-state index in [-0.39, 0.29) is 25.2 Å². The lowest BCUT2D eigenvalue weighted by Crippen LogP contribution is -2.82. The van der Waals surface area contributed by atoms with Crippen LogP contribution in [-0.2, 0) is 23.8 Å². The maximum atomic E-state index is 12.9. The van der Waals surface area contributed by atoms with Crippen molar-refractivity contribution in [3.8, 4) is 0 Å². The minimum atomic E-state index is -2.21. The Balaban J connectivity index is 1.97. The van der Waals surface area contributed by atoms with Crippen molar-refractivity contribution in [2.24, 2.45) is 0 Å². The van der Waals surface area contributed by atoms with Gasteiger partial charge in [0.2, 0.25) is 5.72 Å². The van der Waals surface area contributed by atoms with Gasteiger partial charge in [0.15, 0.2) is 5.79 Å². The topological polar surface area (TPSA) is 126 Å². The maximum Gasteiger partial charge on any atom is 0.280 e. The molecule has 0 aromatic heterocycles. The van der Waals surface area contributed by atoms with Crippen LogP contribution in [0.3, 0.4) is 0 Å². The van der Waals surface area contributed by atoms with Gasteiger partial charge in [0, 0.05) is 0 Å². The van der Waals surface area contributed by atoms with E-state index in [0.29, 0.717) is 0 Å². The number of aliphatic hydroxyl groups excluding tert-OH is 1. The summed E-state index contributed by atoms with van der Waals surface area (Å²) in [5.74, 6) is -2.72. The zero-order valence-electron chi connectivity index (χ0n) is 15.2. The highest BCUT2D eigenvalue weighted by molar-refractivity contribution is 14.1. The molecule has 0 saturated carbocycles. The number of piperazine rings is 1. The first-order valence-corrected chi connectivity index (χ1v) is 9.74. The number of rotatable bonds is 3. The van der Waals surface area contributed by atoms with E-state index in [9.17, 15) is 19.8 Å². The smallest absolute Gasteiger partial charge is 0.280 e. The number of fused-ring (bicyclic) bond motifs is 5. The van der Waals surface area contributed by atoms with Crippen LogP contribution in [0.15, 0.2) is 21.8 Å². The highest BCUT2D eigenvalue weighted by Crippen LogP contribution is 2.40. The van der Waals surface area contributed by atoms with Gasteiger partial charge in [-0.3, -0.25) is 9.59 Å². The van der Waals surface area contributed by atoms with E-state index in [1.807, 2.05) is 22.6 Å². The second-order valence-electron chi connectivity index (χ2n) is 7.47. The Labute approximate surface area is 170 Å². The van der Waals surface area contributed by atoms with Crippen molar-refractivity contribution in [1.82, 2.24) is 10.6 Å². The summed E-state index contributed by atoms with van der Waals surface area (Å²) in [5, 5.41) is 26.5. The van der Waals surface area contributed by atoms with Gasteiger partial charge in [-0.25, -0.2) is 0 Å². The van der Waals surface area contributed by atoms with Gasteiger partial charge in [0.25, 0.3) is 17.5 Å². The first-order valence-electron chi connectivity index (χ1n) is 8.49. The van der Waals surface area contributed by atoms with E-state index < -0.39 is 40.8 Å². The molecule has 0 aliphatic carbocycles. The maximum absolute atomic E-state index is 12.9. The number of hydrogen-bond acceptors (Lipinski definition) is 7. The number of nitrogens with one attached hydrogen (secondary N) is 2. The van der Waals surface area contributed by atoms with Crippen LogP contribution in [0.4, 0.5) is 0 Å². The minimum absolute atomic E-state index is 0.00564. The summed E-state index contributed by atoms with van der Waals surface area (Å²) in [7, 11) is 0. The van der Waals surface area contributed by atoms with E-state index in [2.05, 4.69) is 10.6 Å². The summed E-state index contributed by atoms with van der Waals surface area (Å²) in [5.41, 5.74) is -5.36. The third-order valence-electron chi connectivity index (χ3n) is 4.94. The van der Waals surface area contributed by atoms with Crippen LogP contribution < -0.4 is 10.6 Å². The van der Waals surface area contributed by atoms with Gasteiger partial charge in [0.1, 0.15) is 11.7 Å². The Morgan fingerprint density at radius 1 is 1.19 bits per heavy atom. The Morgan fingerprint density at radius 2 is 1.89 bits per heavy atom. The molecular formula is C17H23IN2O7. The van der Waals surface area contributed by atoms with Crippen LogP contribution in [0.2, 0.25) is 0 Å². The molecule has 2 bridgehead atoms. The lowest BCUT2D eigenvalue weighted by Gasteiger charge is -2.50. The average molecular weight is 494 g/mol. The minimum Gasteiger partial charge on any atom is -0.384 e. The fourth-order valence-electron chi connectivity index (χ4n) is 3.59. The molecule has 0 aromatic carbocycles. The molecule has 4 fully saturated rings. The van der Waals surface area contributed by atoms with Crippen molar-refractivity contribution < 1.29 is 34.0 Å². The number of aliphatic hydroxyl groups is 2. The molecule has 9 nitrogen and oxygen atoms in total. The second kappa shape index (κ2) is 6.78. The summed E-state index contributed by atoms with van der Waals surface area (Å²) in [6, 6.07) is 0. The second-order valence-corrected chi connectivity index (χ2v) is 8.19. The monoisotopic (exact) mass is 494 g/mol. The molecule has 4 aliphatic rings. The van der Waals surface area contributed by atoms with E-state index in [0.717, 1.165) is 0 Å². The fourth-order valence-corrected chi connectivity index (χ4v) is 3.80. The lowest BCUT2D eigenvalue weighted by atomic mass is 9.84. The van der Waals surface area contributed by atoms with Gasteiger partial charge in [-0.15, -0.1) is 0 Å². The predicted molar refractivity (Wildman–Crippen MR) is 101 cm³/mol. The van der Waals surface area contributed by atoms with Crippen LogP contribution in [-0.4, -0.2) is 64.2 Å². The molecule has 27 heavy (non-hydrogen) atoms. The first kappa shape index (κ1) is 20.7. The molecule has 0 radical (unpaired) electrons. The van der Waals surface area contributed by atoms with Crippen LogP contribution in [0, 0.1) is 0 Å². The predicted octanol–water partition coefficient (Wildman–Crippen LogP) is -0.185. The Kier molecular flexibility index (Phi) is 5.19. The molecule has 4 N–H and O–H groups in total. The summed E-state index contributed by atoms with van der Waals surface area (Å²) in [4.78, 5) is 25.6. The lowest BCUT2D eigenvalue weighted by molar-refractivity contribution is -0.240. The molecule has 4 rings (SSSR count). The molecule has 10 heteroatoms. The van der Waals surface area contributed by atoms with Crippen molar-refractivity contribution >= 4 is 34.4 Å². The third kappa shape index (κ3) is 3.32. The molecule has 4 atom stereocenters. The van der Waals surface area contributed by atoms with Gasteiger partial charge < -0.3 is 35.1 Å².